The summed E-state index contributed by atoms with van der Waals surface area (Å²) in [6.07, 6.45) is 0. The highest BCUT2D eigenvalue weighted by molar-refractivity contribution is 5.92. The molecule has 114 valence electrons. The topological polar surface area (TPSA) is 64.3 Å². The first-order valence-corrected chi connectivity index (χ1v) is 7.28. The highest BCUT2D eigenvalue weighted by Gasteiger charge is 2.13. The molecule has 0 unspecified atom stereocenters. The van der Waals surface area contributed by atoms with E-state index in [4.69, 9.17) is 9.72 Å². The SMILES string of the molecule is COc1ccccc1Nc1nc2ccccc2c2nnc(C)n12. The molecule has 0 aliphatic carbocycles. The van der Waals surface area contributed by atoms with Crippen LogP contribution in [-0.2, 0) is 0 Å². The molecule has 4 rings (SSSR count). The van der Waals surface area contributed by atoms with E-state index in [1.54, 1.807) is 7.11 Å². The number of aromatic nitrogens is 4. The van der Waals surface area contributed by atoms with Crippen molar-refractivity contribution in [2.45, 2.75) is 6.92 Å². The van der Waals surface area contributed by atoms with Crippen molar-refractivity contribution in [1.82, 2.24) is 19.6 Å². The van der Waals surface area contributed by atoms with Gasteiger partial charge < -0.3 is 10.1 Å². The molecule has 0 aliphatic rings. The molecule has 0 saturated heterocycles. The fourth-order valence-electron chi connectivity index (χ4n) is 2.67. The van der Waals surface area contributed by atoms with Crippen molar-refractivity contribution in [1.29, 1.82) is 0 Å². The molecule has 0 spiro atoms. The Balaban J connectivity index is 1.96. The van der Waals surface area contributed by atoms with Gasteiger partial charge in [-0.25, -0.2) is 9.38 Å². The first-order chi connectivity index (χ1) is 11.3. The van der Waals surface area contributed by atoms with Crippen molar-refractivity contribution in [3.05, 3.63) is 54.4 Å². The third-order valence-electron chi connectivity index (χ3n) is 3.76. The summed E-state index contributed by atoms with van der Waals surface area (Å²) in [6, 6.07) is 15.6. The van der Waals surface area contributed by atoms with Crippen molar-refractivity contribution in [3.63, 3.8) is 0 Å². The summed E-state index contributed by atoms with van der Waals surface area (Å²) in [5, 5.41) is 12.8. The van der Waals surface area contributed by atoms with Gasteiger partial charge in [-0.2, -0.15) is 0 Å². The lowest BCUT2D eigenvalue weighted by molar-refractivity contribution is 0.417. The Morgan fingerprint density at radius 1 is 1.00 bits per heavy atom. The van der Waals surface area contributed by atoms with Gasteiger partial charge in [-0.3, -0.25) is 0 Å². The molecule has 1 N–H and O–H groups in total. The van der Waals surface area contributed by atoms with E-state index in [0.29, 0.717) is 5.95 Å². The number of anilines is 2. The second-order valence-electron chi connectivity index (χ2n) is 5.18. The van der Waals surface area contributed by atoms with Crippen LogP contribution in [0.3, 0.4) is 0 Å². The van der Waals surface area contributed by atoms with Crippen molar-refractivity contribution in [3.8, 4) is 5.75 Å². The monoisotopic (exact) mass is 305 g/mol. The lowest BCUT2D eigenvalue weighted by Gasteiger charge is -2.13. The molecule has 0 atom stereocenters. The normalized spacial score (nSPS) is 11.0. The summed E-state index contributed by atoms with van der Waals surface area (Å²) in [4.78, 5) is 4.72. The van der Waals surface area contributed by atoms with Gasteiger partial charge in [-0.1, -0.05) is 24.3 Å². The molecule has 0 aliphatic heterocycles. The van der Waals surface area contributed by atoms with Crippen LogP contribution in [0.4, 0.5) is 11.6 Å². The van der Waals surface area contributed by atoms with Gasteiger partial charge in [0, 0.05) is 5.39 Å². The Kier molecular flexibility index (Phi) is 3.08. The second kappa shape index (κ2) is 5.24. The van der Waals surface area contributed by atoms with Gasteiger partial charge in [-0.05, 0) is 31.2 Å². The molecule has 0 bridgehead atoms. The number of nitrogens with zero attached hydrogens (tertiary/aromatic N) is 4. The number of methoxy groups -OCH3 is 1. The van der Waals surface area contributed by atoms with E-state index in [0.717, 1.165) is 33.8 Å². The van der Waals surface area contributed by atoms with Crippen LogP contribution in [0.15, 0.2) is 48.5 Å². The Bertz CT molecular complexity index is 1010. The summed E-state index contributed by atoms with van der Waals surface area (Å²) in [5.74, 6) is 2.18. The number of nitrogens with one attached hydrogen (secondary N) is 1. The summed E-state index contributed by atoms with van der Waals surface area (Å²) < 4.78 is 7.31. The maximum Gasteiger partial charge on any atom is 0.215 e. The molecule has 6 nitrogen and oxygen atoms in total. The van der Waals surface area contributed by atoms with Crippen molar-refractivity contribution in [2.75, 3.05) is 12.4 Å². The Morgan fingerprint density at radius 2 is 1.78 bits per heavy atom. The van der Waals surface area contributed by atoms with Crippen molar-refractivity contribution in [2.24, 2.45) is 0 Å². The average molecular weight is 305 g/mol. The van der Waals surface area contributed by atoms with Crippen LogP contribution < -0.4 is 10.1 Å². The van der Waals surface area contributed by atoms with Gasteiger partial charge in [0.15, 0.2) is 5.65 Å². The van der Waals surface area contributed by atoms with Crippen LogP contribution in [0.2, 0.25) is 0 Å². The first-order valence-electron chi connectivity index (χ1n) is 7.28. The fourth-order valence-corrected chi connectivity index (χ4v) is 2.67. The Labute approximate surface area is 132 Å². The van der Waals surface area contributed by atoms with Crippen LogP contribution in [0, 0.1) is 6.92 Å². The zero-order valence-corrected chi connectivity index (χ0v) is 12.8. The standard InChI is InChI=1S/C17H15N5O/c1-11-20-21-16-12-7-3-4-8-13(12)18-17(22(11)16)19-14-9-5-6-10-15(14)23-2/h3-10H,1-2H3,(H,18,19). The van der Waals surface area contributed by atoms with E-state index in [-0.39, 0.29) is 0 Å². The number of aryl methyl sites for hydroxylation is 1. The minimum absolute atomic E-state index is 0.658. The zero-order valence-electron chi connectivity index (χ0n) is 12.8. The minimum atomic E-state index is 0.658. The maximum atomic E-state index is 5.40. The van der Waals surface area contributed by atoms with Crippen molar-refractivity contribution < 1.29 is 4.74 Å². The first kappa shape index (κ1) is 13.5. The second-order valence-corrected chi connectivity index (χ2v) is 5.18. The van der Waals surface area contributed by atoms with Crippen molar-refractivity contribution >= 4 is 28.2 Å². The largest absolute Gasteiger partial charge is 0.495 e. The third kappa shape index (κ3) is 2.15. The maximum absolute atomic E-state index is 5.40. The van der Waals surface area contributed by atoms with Crippen LogP contribution in [-0.4, -0.2) is 26.7 Å². The Hall–Kier alpha value is -3.15. The highest BCUT2D eigenvalue weighted by Crippen LogP contribution is 2.28. The van der Waals surface area contributed by atoms with Crippen LogP contribution in [0.1, 0.15) is 5.82 Å². The van der Waals surface area contributed by atoms with Gasteiger partial charge in [-0.15, -0.1) is 10.2 Å². The molecular weight excluding hydrogens is 290 g/mol. The number of hydrogen-bond acceptors (Lipinski definition) is 5. The summed E-state index contributed by atoms with van der Waals surface area (Å²) in [5.41, 5.74) is 2.49. The molecule has 2 aromatic carbocycles. The van der Waals surface area contributed by atoms with E-state index in [1.165, 1.54) is 0 Å². The molecule has 2 heterocycles. The number of hydrogen-bond donors (Lipinski definition) is 1. The van der Waals surface area contributed by atoms with Crippen LogP contribution in [0.25, 0.3) is 16.6 Å². The van der Waals surface area contributed by atoms with Gasteiger partial charge in [0.25, 0.3) is 0 Å². The van der Waals surface area contributed by atoms with Gasteiger partial charge in [0.05, 0.1) is 18.3 Å². The van der Waals surface area contributed by atoms with E-state index >= 15 is 0 Å². The zero-order chi connectivity index (χ0) is 15.8. The number of fused-ring (bicyclic) bond motifs is 3. The van der Waals surface area contributed by atoms with E-state index in [9.17, 15) is 0 Å². The van der Waals surface area contributed by atoms with E-state index in [2.05, 4.69) is 15.5 Å². The summed E-state index contributed by atoms with van der Waals surface area (Å²) in [7, 11) is 1.65. The smallest absolute Gasteiger partial charge is 0.215 e. The van der Waals surface area contributed by atoms with Gasteiger partial charge in [0.1, 0.15) is 11.6 Å². The summed E-state index contributed by atoms with van der Waals surface area (Å²) >= 11 is 0. The average Bonchev–Trinajstić information content (AvgIpc) is 2.98. The van der Waals surface area contributed by atoms with Crippen LogP contribution in [0.5, 0.6) is 5.75 Å². The number of ether oxygens (including phenoxy) is 1. The van der Waals surface area contributed by atoms with E-state index in [1.807, 2.05) is 59.9 Å². The predicted octanol–water partition coefficient (Wildman–Crippen LogP) is 3.34. The van der Waals surface area contributed by atoms with Gasteiger partial charge >= 0.3 is 0 Å². The third-order valence-corrected chi connectivity index (χ3v) is 3.76. The molecule has 0 fully saturated rings. The Morgan fingerprint density at radius 3 is 2.65 bits per heavy atom. The number of para-hydroxylation sites is 3. The van der Waals surface area contributed by atoms with Crippen LogP contribution >= 0.6 is 0 Å². The van der Waals surface area contributed by atoms with E-state index < -0.39 is 0 Å². The minimum Gasteiger partial charge on any atom is -0.495 e. The van der Waals surface area contributed by atoms with Gasteiger partial charge in [0.2, 0.25) is 5.95 Å². The molecule has 0 radical (unpaired) electrons. The fraction of sp³-hybridized carbons (Fsp3) is 0.118. The predicted molar refractivity (Wildman–Crippen MR) is 89.3 cm³/mol. The molecule has 6 heteroatoms. The molecule has 0 amide bonds. The number of benzene rings is 2. The molecule has 23 heavy (non-hydrogen) atoms. The highest BCUT2D eigenvalue weighted by atomic mass is 16.5. The molecule has 2 aromatic heterocycles. The molecule has 0 saturated carbocycles. The lowest BCUT2D eigenvalue weighted by Crippen LogP contribution is -2.04. The number of rotatable bonds is 3. The molecule has 4 aromatic rings. The molecular formula is C17H15N5O. The summed E-state index contributed by atoms with van der Waals surface area (Å²) in [6.45, 7) is 1.91. The quantitative estimate of drug-likeness (QED) is 0.629. The lowest BCUT2D eigenvalue weighted by atomic mass is 10.2.